The Bertz CT molecular complexity index is 496. The highest BCUT2D eigenvalue weighted by atomic mass is 79.9. The SMILES string of the molecule is Brc1cncnc1N(Cc1ccsc1)C1CC1. The molecule has 1 aliphatic carbocycles. The molecule has 0 aromatic carbocycles. The van der Waals surface area contributed by atoms with Crippen LogP contribution in [0.2, 0.25) is 0 Å². The molecule has 5 heteroatoms. The highest BCUT2D eigenvalue weighted by Crippen LogP contribution is 2.35. The standard InChI is InChI=1S/C12H12BrN3S/c13-11-5-14-8-15-12(11)16(10-1-2-10)6-9-3-4-17-7-9/h3-5,7-8,10H,1-2,6H2. The first-order valence-electron chi connectivity index (χ1n) is 5.58. The summed E-state index contributed by atoms with van der Waals surface area (Å²) in [7, 11) is 0. The number of anilines is 1. The Morgan fingerprint density at radius 1 is 1.47 bits per heavy atom. The van der Waals surface area contributed by atoms with Gasteiger partial charge in [-0.25, -0.2) is 9.97 Å². The van der Waals surface area contributed by atoms with E-state index in [-0.39, 0.29) is 0 Å². The molecular formula is C12H12BrN3S. The molecule has 0 unspecified atom stereocenters. The van der Waals surface area contributed by atoms with Crippen LogP contribution >= 0.6 is 27.3 Å². The van der Waals surface area contributed by atoms with Crippen LogP contribution in [0, 0.1) is 0 Å². The van der Waals surface area contributed by atoms with Crippen molar-refractivity contribution in [3.63, 3.8) is 0 Å². The van der Waals surface area contributed by atoms with Gasteiger partial charge in [0, 0.05) is 18.8 Å². The van der Waals surface area contributed by atoms with Crippen LogP contribution in [-0.2, 0) is 6.54 Å². The Kier molecular flexibility index (Phi) is 3.11. The maximum absolute atomic E-state index is 4.39. The third-order valence-electron chi connectivity index (χ3n) is 2.84. The summed E-state index contributed by atoms with van der Waals surface area (Å²) >= 11 is 5.27. The maximum atomic E-state index is 4.39. The number of hydrogen-bond acceptors (Lipinski definition) is 4. The largest absolute Gasteiger partial charge is 0.348 e. The number of nitrogens with zero attached hydrogens (tertiary/aromatic N) is 3. The zero-order valence-electron chi connectivity index (χ0n) is 9.21. The fourth-order valence-corrected chi connectivity index (χ4v) is 2.97. The lowest BCUT2D eigenvalue weighted by molar-refractivity contribution is 0.774. The number of hydrogen-bond donors (Lipinski definition) is 0. The third-order valence-corrected chi connectivity index (χ3v) is 4.13. The van der Waals surface area contributed by atoms with Gasteiger partial charge in [0.1, 0.15) is 12.1 Å². The zero-order valence-corrected chi connectivity index (χ0v) is 11.6. The Morgan fingerprint density at radius 3 is 3.00 bits per heavy atom. The fraction of sp³-hybridized carbons (Fsp3) is 0.333. The second-order valence-electron chi connectivity index (χ2n) is 4.18. The number of halogens is 1. The molecule has 0 spiro atoms. The number of thiophene rings is 1. The number of aromatic nitrogens is 2. The van der Waals surface area contributed by atoms with Gasteiger partial charge in [-0.3, -0.25) is 0 Å². The first-order valence-corrected chi connectivity index (χ1v) is 7.31. The van der Waals surface area contributed by atoms with Crippen LogP contribution in [0.5, 0.6) is 0 Å². The van der Waals surface area contributed by atoms with Gasteiger partial charge < -0.3 is 4.90 Å². The van der Waals surface area contributed by atoms with Crippen molar-refractivity contribution in [1.82, 2.24) is 9.97 Å². The van der Waals surface area contributed by atoms with E-state index in [1.807, 2.05) is 6.20 Å². The van der Waals surface area contributed by atoms with E-state index in [9.17, 15) is 0 Å². The molecule has 0 radical (unpaired) electrons. The van der Waals surface area contributed by atoms with Crippen molar-refractivity contribution in [3.05, 3.63) is 39.4 Å². The van der Waals surface area contributed by atoms with Gasteiger partial charge in [0.2, 0.25) is 0 Å². The lowest BCUT2D eigenvalue weighted by Crippen LogP contribution is -2.26. The zero-order chi connectivity index (χ0) is 11.7. The minimum atomic E-state index is 0.640. The molecular weight excluding hydrogens is 298 g/mol. The predicted molar refractivity (Wildman–Crippen MR) is 73.3 cm³/mol. The van der Waals surface area contributed by atoms with E-state index in [0.29, 0.717) is 6.04 Å². The van der Waals surface area contributed by atoms with E-state index in [1.54, 1.807) is 17.7 Å². The van der Waals surface area contributed by atoms with Crippen molar-refractivity contribution in [3.8, 4) is 0 Å². The molecule has 17 heavy (non-hydrogen) atoms. The summed E-state index contributed by atoms with van der Waals surface area (Å²) in [4.78, 5) is 10.8. The van der Waals surface area contributed by atoms with E-state index < -0.39 is 0 Å². The van der Waals surface area contributed by atoms with E-state index >= 15 is 0 Å². The molecule has 2 aromatic rings. The molecule has 3 nitrogen and oxygen atoms in total. The van der Waals surface area contributed by atoms with E-state index in [1.165, 1.54) is 18.4 Å². The van der Waals surface area contributed by atoms with Gasteiger partial charge in [0.15, 0.2) is 0 Å². The van der Waals surface area contributed by atoms with Crippen molar-refractivity contribution in [2.24, 2.45) is 0 Å². The van der Waals surface area contributed by atoms with Crippen molar-refractivity contribution in [1.29, 1.82) is 0 Å². The van der Waals surface area contributed by atoms with Gasteiger partial charge in [-0.15, -0.1) is 0 Å². The van der Waals surface area contributed by atoms with Gasteiger partial charge in [-0.2, -0.15) is 11.3 Å². The molecule has 0 N–H and O–H groups in total. The predicted octanol–water partition coefficient (Wildman–Crippen LogP) is 3.47. The molecule has 0 saturated heterocycles. The lowest BCUT2D eigenvalue weighted by atomic mass is 10.3. The molecule has 2 heterocycles. The van der Waals surface area contributed by atoms with Crippen LogP contribution in [0.4, 0.5) is 5.82 Å². The van der Waals surface area contributed by atoms with Crippen LogP contribution in [0.1, 0.15) is 18.4 Å². The Hall–Kier alpha value is -0.940. The Morgan fingerprint density at radius 2 is 2.35 bits per heavy atom. The molecule has 1 aliphatic rings. The van der Waals surface area contributed by atoms with Gasteiger partial charge in [-0.1, -0.05) is 0 Å². The molecule has 0 atom stereocenters. The minimum Gasteiger partial charge on any atom is -0.348 e. The molecule has 1 fully saturated rings. The lowest BCUT2D eigenvalue weighted by Gasteiger charge is -2.23. The highest BCUT2D eigenvalue weighted by Gasteiger charge is 2.31. The van der Waals surface area contributed by atoms with Gasteiger partial charge in [0.25, 0.3) is 0 Å². The van der Waals surface area contributed by atoms with Gasteiger partial charge in [0.05, 0.1) is 4.47 Å². The summed E-state index contributed by atoms with van der Waals surface area (Å²) in [5.41, 5.74) is 1.35. The molecule has 3 rings (SSSR count). The molecule has 0 bridgehead atoms. The average molecular weight is 310 g/mol. The first-order chi connectivity index (χ1) is 8.34. The number of rotatable bonds is 4. The Labute approximate surface area is 113 Å². The second-order valence-corrected chi connectivity index (χ2v) is 5.82. The minimum absolute atomic E-state index is 0.640. The van der Waals surface area contributed by atoms with Crippen LogP contribution < -0.4 is 4.90 Å². The van der Waals surface area contributed by atoms with Crippen LogP contribution in [-0.4, -0.2) is 16.0 Å². The maximum Gasteiger partial charge on any atom is 0.146 e. The summed E-state index contributed by atoms with van der Waals surface area (Å²) in [5, 5.41) is 4.32. The smallest absolute Gasteiger partial charge is 0.146 e. The highest BCUT2D eigenvalue weighted by molar-refractivity contribution is 9.10. The molecule has 1 saturated carbocycles. The second kappa shape index (κ2) is 4.74. The van der Waals surface area contributed by atoms with Crippen molar-refractivity contribution in [2.75, 3.05) is 4.90 Å². The third kappa shape index (κ3) is 2.50. The van der Waals surface area contributed by atoms with Crippen molar-refractivity contribution >= 4 is 33.1 Å². The average Bonchev–Trinajstić information content (AvgIpc) is 3.05. The van der Waals surface area contributed by atoms with E-state index in [2.05, 4.69) is 47.6 Å². The van der Waals surface area contributed by atoms with Gasteiger partial charge in [-0.05, 0) is 51.2 Å². The van der Waals surface area contributed by atoms with Crippen LogP contribution in [0.25, 0.3) is 0 Å². The fourth-order valence-electron chi connectivity index (χ4n) is 1.86. The quantitative estimate of drug-likeness (QED) is 0.866. The topological polar surface area (TPSA) is 29.0 Å². The first kappa shape index (κ1) is 11.2. The molecule has 0 amide bonds. The Balaban J connectivity index is 1.88. The normalized spacial score (nSPS) is 14.9. The van der Waals surface area contributed by atoms with E-state index in [4.69, 9.17) is 0 Å². The molecule has 0 aliphatic heterocycles. The summed E-state index contributed by atoms with van der Waals surface area (Å²) in [5.74, 6) is 1.01. The summed E-state index contributed by atoms with van der Waals surface area (Å²) in [6.07, 6.45) is 5.95. The summed E-state index contributed by atoms with van der Waals surface area (Å²) in [6.45, 7) is 0.934. The summed E-state index contributed by atoms with van der Waals surface area (Å²) in [6, 6.07) is 2.82. The van der Waals surface area contributed by atoms with Crippen LogP contribution in [0.3, 0.4) is 0 Å². The van der Waals surface area contributed by atoms with Crippen molar-refractivity contribution < 1.29 is 0 Å². The van der Waals surface area contributed by atoms with Crippen molar-refractivity contribution in [2.45, 2.75) is 25.4 Å². The summed E-state index contributed by atoms with van der Waals surface area (Å²) < 4.78 is 0.974. The molecule has 2 aromatic heterocycles. The molecule has 88 valence electrons. The monoisotopic (exact) mass is 309 g/mol. The van der Waals surface area contributed by atoms with Gasteiger partial charge >= 0.3 is 0 Å². The van der Waals surface area contributed by atoms with E-state index in [0.717, 1.165) is 16.8 Å². The van der Waals surface area contributed by atoms with Crippen LogP contribution in [0.15, 0.2) is 33.8 Å².